The minimum absolute atomic E-state index is 0.0115. The second-order valence-electron chi connectivity index (χ2n) is 4.48. The fraction of sp³-hybridized carbons (Fsp3) is 0.462. The number of hydrogen-bond donors (Lipinski definition) is 1. The summed E-state index contributed by atoms with van der Waals surface area (Å²) in [6.07, 6.45) is 0.744. The van der Waals surface area contributed by atoms with Gasteiger partial charge in [-0.1, -0.05) is 23.7 Å². The van der Waals surface area contributed by atoms with E-state index >= 15 is 0 Å². The first-order chi connectivity index (χ1) is 8.06. The van der Waals surface area contributed by atoms with Crippen molar-refractivity contribution >= 4 is 17.6 Å². The van der Waals surface area contributed by atoms with Crippen molar-refractivity contribution in [3.8, 4) is 0 Å². The van der Waals surface area contributed by atoms with Crippen LogP contribution in [0.2, 0.25) is 5.02 Å². The molecule has 1 aromatic carbocycles. The van der Waals surface area contributed by atoms with Crippen LogP contribution < -0.4 is 5.32 Å². The normalized spacial score (nSPS) is 25.7. The van der Waals surface area contributed by atoms with Gasteiger partial charge in [-0.15, -0.1) is 0 Å². The molecular formula is C13H16ClNO2. The van der Waals surface area contributed by atoms with Gasteiger partial charge in [0.2, 0.25) is 0 Å². The maximum absolute atomic E-state index is 11.5. The molecule has 3 atom stereocenters. The van der Waals surface area contributed by atoms with Gasteiger partial charge in [-0.3, -0.25) is 10.1 Å². The molecule has 4 heteroatoms. The zero-order chi connectivity index (χ0) is 12.4. The number of rotatable bonds is 3. The Morgan fingerprint density at radius 2 is 2.06 bits per heavy atom. The highest BCUT2D eigenvalue weighted by Crippen LogP contribution is 2.20. The van der Waals surface area contributed by atoms with Crippen molar-refractivity contribution < 1.29 is 9.53 Å². The van der Waals surface area contributed by atoms with Crippen molar-refractivity contribution in [2.24, 2.45) is 0 Å². The van der Waals surface area contributed by atoms with Crippen LogP contribution in [-0.4, -0.2) is 18.1 Å². The lowest BCUT2D eigenvalue weighted by Gasteiger charge is -2.17. The van der Waals surface area contributed by atoms with Gasteiger partial charge in [-0.2, -0.15) is 0 Å². The molecule has 1 aliphatic rings. The minimum atomic E-state index is -0.198. The summed E-state index contributed by atoms with van der Waals surface area (Å²) in [7, 11) is 0. The van der Waals surface area contributed by atoms with Crippen molar-refractivity contribution in [1.29, 1.82) is 0 Å². The molecule has 3 unspecified atom stereocenters. The number of ether oxygens (including phenoxy) is 1. The molecule has 0 aliphatic carbocycles. The molecule has 1 saturated heterocycles. The Morgan fingerprint density at radius 3 is 2.59 bits per heavy atom. The van der Waals surface area contributed by atoms with E-state index in [9.17, 15) is 4.79 Å². The molecule has 0 radical (unpaired) electrons. The number of halogens is 1. The van der Waals surface area contributed by atoms with Crippen molar-refractivity contribution in [3.63, 3.8) is 0 Å². The fourth-order valence-corrected chi connectivity index (χ4v) is 2.17. The third-order valence-electron chi connectivity index (χ3n) is 2.99. The zero-order valence-electron chi connectivity index (χ0n) is 9.94. The summed E-state index contributed by atoms with van der Waals surface area (Å²) in [5.41, 5.74) is 1.11. The van der Waals surface area contributed by atoms with Crippen LogP contribution in [0.1, 0.15) is 31.9 Å². The Labute approximate surface area is 106 Å². The molecule has 0 aromatic heterocycles. The molecule has 1 heterocycles. The second kappa shape index (κ2) is 5.07. The zero-order valence-corrected chi connectivity index (χ0v) is 10.7. The second-order valence-corrected chi connectivity index (χ2v) is 4.91. The van der Waals surface area contributed by atoms with E-state index in [1.165, 1.54) is 0 Å². The number of cyclic esters (lactones) is 1. The molecule has 2 rings (SSSR count). The van der Waals surface area contributed by atoms with Crippen LogP contribution in [0.25, 0.3) is 0 Å². The molecule has 17 heavy (non-hydrogen) atoms. The monoisotopic (exact) mass is 253 g/mol. The van der Waals surface area contributed by atoms with Crippen LogP contribution in [-0.2, 0) is 9.53 Å². The molecule has 0 amide bonds. The van der Waals surface area contributed by atoms with E-state index in [1.807, 2.05) is 38.1 Å². The molecule has 1 aromatic rings. The predicted octanol–water partition coefficient (Wildman–Crippen LogP) is 2.69. The van der Waals surface area contributed by atoms with Crippen molar-refractivity contribution in [2.45, 2.75) is 38.5 Å². The van der Waals surface area contributed by atoms with Gasteiger partial charge in [0.25, 0.3) is 0 Å². The maximum Gasteiger partial charge on any atom is 0.323 e. The number of benzene rings is 1. The fourth-order valence-electron chi connectivity index (χ4n) is 2.04. The topological polar surface area (TPSA) is 38.3 Å². The van der Waals surface area contributed by atoms with Gasteiger partial charge in [0.1, 0.15) is 12.1 Å². The highest BCUT2D eigenvalue weighted by atomic mass is 35.5. The number of nitrogens with one attached hydrogen (secondary N) is 1. The van der Waals surface area contributed by atoms with Gasteiger partial charge in [-0.25, -0.2) is 0 Å². The molecule has 1 fully saturated rings. The van der Waals surface area contributed by atoms with E-state index in [-0.39, 0.29) is 24.2 Å². The SMILES string of the molecule is CC1CC(NC(C)c2ccc(Cl)cc2)C(=O)O1. The average Bonchev–Trinajstić information content (AvgIpc) is 2.58. The predicted molar refractivity (Wildman–Crippen MR) is 67.0 cm³/mol. The number of carbonyl (C=O) groups is 1. The van der Waals surface area contributed by atoms with E-state index in [0.29, 0.717) is 0 Å². The summed E-state index contributed by atoms with van der Waals surface area (Å²) in [5.74, 6) is -0.154. The molecule has 0 bridgehead atoms. The Morgan fingerprint density at radius 1 is 1.41 bits per heavy atom. The summed E-state index contributed by atoms with van der Waals surface area (Å²) in [6.45, 7) is 3.94. The third-order valence-corrected chi connectivity index (χ3v) is 3.24. The summed E-state index contributed by atoms with van der Waals surface area (Å²) in [6, 6.07) is 7.54. The van der Waals surface area contributed by atoms with Crippen LogP contribution in [0.3, 0.4) is 0 Å². The van der Waals surface area contributed by atoms with Crippen molar-refractivity contribution in [3.05, 3.63) is 34.9 Å². The first kappa shape index (κ1) is 12.4. The highest BCUT2D eigenvalue weighted by molar-refractivity contribution is 6.30. The largest absolute Gasteiger partial charge is 0.461 e. The van der Waals surface area contributed by atoms with E-state index in [2.05, 4.69) is 5.32 Å². The minimum Gasteiger partial charge on any atom is -0.461 e. The van der Waals surface area contributed by atoms with Gasteiger partial charge in [0, 0.05) is 17.5 Å². The van der Waals surface area contributed by atoms with Crippen molar-refractivity contribution in [2.75, 3.05) is 0 Å². The molecule has 0 saturated carbocycles. The van der Waals surface area contributed by atoms with Crippen LogP contribution in [0.15, 0.2) is 24.3 Å². The molecule has 0 spiro atoms. The Balaban J connectivity index is 1.99. The van der Waals surface area contributed by atoms with Crippen LogP contribution in [0.5, 0.6) is 0 Å². The number of carbonyl (C=O) groups excluding carboxylic acids is 1. The third kappa shape index (κ3) is 2.99. The van der Waals surface area contributed by atoms with Gasteiger partial charge in [-0.05, 0) is 31.5 Å². The first-order valence-corrected chi connectivity index (χ1v) is 6.16. The number of esters is 1. The van der Waals surface area contributed by atoms with Gasteiger partial charge in [0.15, 0.2) is 0 Å². The maximum atomic E-state index is 11.5. The summed E-state index contributed by atoms with van der Waals surface area (Å²) < 4.78 is 5.11. The molecule has 1 aliphatic heterocycles. The Kier molecular flexibility index (Phi) is 3.69. The lowest BCUT2D eigenvalue weighted by molar-refractivity contribution is -0.142. The van der Waals surface area contributed by atoms with Gasteiger partial charge in [0.05, 0.1) is 0 Å². The van der Waals surface area contributed by atoms with Gasteiger partial charge < -0.3 is 4.74 Å². The van der Waals surface area contributed by atoms with E-state index in [1.54, 1.807) is 0 Å². The smallest absolute Gasteiger partial charge is 0.323 e. The van der Waals surface area contributed by atoms with Crippen LogP contribution in [0, 0.1) is 0 Å². The van der Waals surface area contributed by atoms with E-state index in [4.69, 9.17) is 16.3 Å². The summed E-state index contributed by atoms with van der Waals surface area (Å²) in [4.78, 5) is 11.5. The lowest BCUT2D eigenvalue weighted by Crippen LogP contribution is -2.35. The lowest BCUT2D eigenvalue weighted by atomic mass is 10.1. The number of hydrogen-bond acceptors (Lipinski definition) is 3. The first-order valence-electron chi connectivity index (χ1n) is 5.78. The Hall–Kier alpha value is -1.06. The average molecular weight is 254 g/mol. The summed E-state index contributed by atoms with van der Waals surface area (Å²) >= 11 is 5.83. The quantitative estimate of drug-likeness (QED) is 0.842. The molecule has 1 N–H and O–H groups in total. The van der Waals surface area contributed by atoms with Crippen LogP contribution in [0.4, 0.5) is 0 Å². The standard InChI is InChI=1S/C13H16ClNO2/c1-8-7-12(13(16)17-8)15-9(2)10-3-5-11(14)6-4-10/h3-6,8-9,12,15H,7H2,1-2H3. The molecule has 3 nitrogen and oxygen atoms in total. The summed E-state index contributed by atoms with van der Waals surface area (Å²) in [5, 5.41) is 3.99. The molecular weight excluding hydrogens is 238 g/mol. The van der Waals surface area contributed by atoms with Gasteiger partial charge >= 0.3 is 5.97 Å². The molecule has 92 valence electrons. The Bertz CT molecular complexity index is 404. The highest BCUT2D eigenvalue weighted by Gasteiger charge is 2.32. The van der Waals surface area contributed by atoms with E-state index in [0.717, 1.165) is 17.0 Å². The van der Waals surface area contributed by atoms with E-state index < -0.39 is 0 Å². The van der Waals surface area contributed by atoms with Crippen molar-refractivity contribution in [1.82, 2.24) is 5.32 Å². The van der Waals surface area contributed by atoms with Crippen LogP contribution >= 0.6 is 11.6 Å².